The van der Waals surface area contributed by atoms with Gasteiger partial charge in [0.25, 0.3) is 0 Å². The van der Waals surface area contributed by atoms with Crippen molar-refractivity contribution >= 4 is 25.3 Å². The summed E-state index contributed by atoms with van der Waals surface area (Å²) in [5, 5.41) is 17.0. The highest BCUT2D eigenvalue weighted by Crippen LogP contribution is 2.24. The molecule has 1 aromatic carbocycles. The summed E-state index contributed by atoms with van der Waals surface area (Å²) in [5.74, 6) is 0.318. The molecule has 1 rings (SSSR count). The summed E-state index contributed by atoms with van der Waals surface area (Å²) >= 11 is 9.07. The van der Waals surface area contributed by atoms with Crippen LogP contribution in [-0.2, 0) is 0 Å². The van der Waals surface area contributed by atoms with Crippen molar-refractivity contribution in [3.63, 3.8) is 0 Å². The third kappa shape index (κ3) is 8.00. The molecule has 120 valence electrons. The van der Waals surface area contributed by atoms with Gasteiger partial charge in [0.2, 0.25) is 0 Å². The second-order valence-electron chi connectivity index (χ2n) is 6.75. The van der Waals surface area contributed by atoms with Crippen molar-refractivity contribution in [3.05, 3.63) is 29.8 Å². The van der Waals surface area contributed by atoms with Crippen LogP contribution in [0.5, 0.6) is 5.75 Å². The molecule has 21 heavy (non-hydrogen) atoms. The molecule has 0 saturated heterocycles. The molecule has 0 aromatic heterocycles. The van der Waals surface area contributed by atoms with Crippen molar-refractivity contribution in [1.29, 1.82) is 0 Å². The summed E-state index contributed by atoms with van der Waals surface area (Å²) < 4.78 is -0.169. The van der Waals surface area contributed by atoms with Crippen molar-refractivity contribution in [1.82, 2.24) is 10.6 Å². The normalized spacial score (nSPS) is 14.2. The van der Waals surface area contributed by atoms with E-state index in [4.69, 9.17) is 0 Å². The van der Waals surface area contributed by atoms with Gasteiger partial charge >= 0.3 is 0 Å². The lowest BCUT2D eigenvalue weighted by atomic mass is 10.0. The van der Waals surface area contributed by atoms with Crippen molar-refractivity contribution in [2.45, 2.75) is 43.2 Å². The minimum Gasteiger partial charge on any atom is -0.508 e. The zero-order valence-electron chi connectivity index (χ0n) is 13.3. The van der Waals surface area contributed by atoms with Gasteiger partial charge in [0.15, 0.2) is 0 Å². The molecule has 0 aliphatic rings. The fourth-order valence-corrected chi connectivity index (χ4v) is 2.17. The summed E-state index contributed by atoms with van der Waals surface area (Å²) in [4.78, 5) is 0. The molecule has 0 fully saturated rings. The van der Waals surface area contributed by atoms with Crippen LogP contribution in [0.15, 0.2) is 24.3 Å². The van der Waals surface area contributed by atoms with Crippen LogP contribution >= 0.6 is 25.3 Å². The molecule has 3 N–H and O–H groups in total. The fourth-order valence-electron chi connectivity index (χ4n) is 1.97. The molecule has 3 nitrogen and oxygen atoms in total. The lowest BCUT2D eigenvalue weighted by Crippen LogP contribution is -2.40. The average Bonchev–Trinajstić information content (AvgIpc) is 2.32. The molecule has 0 bridgehead atoms. The highest BCUT2D eigenvalue weighted by atomic mass is 32.1. The number of thiol groups is 2. The number of hydrogen-bond donors (Lipinski definition) is 5. The number of rotatable bonds is 8. The van der Waals surface area contributed by atoms with Gasteiger partial charge in [-0.15, -0.1) is 0 Å². The zero-order chi connectivity index (χ0) is 16.1. The zero-order valence-corrected chi connectivity index (χ0v) is 15.1. The molecular formula is C16H28N2OS2. The van der Waals surface area contributed by atoms with Crippen LogP contribution in [0.3, 0.4) is 0 Å². The summed E-state index contributed by atoms with van der Waals surface area (Å²) in [5.41, 5.74) is 0.902. The minimum absolute atomic E-state index is 0.0355. The van der Waals surface area contributed by atoms with Gasteiger partial charge in [-0.2, -0.15) is 25.3 Å². The molecule has 5 heteroatoms. The van der Waals surface area contributed by atoms with Crippen LogP contribution in [0.1, 0.15) is 39.3 Å². The van der Waals surface area contributed by atoms with Crippen LogP contribution < -0.4 is 10.6 Å². The van der Waals surface area contributed by atoms with E-state index in [1.54, 1.807) is 6.07 Å². The first-order valence-corrected chi connectivity index (χ1v) is 8.15. The highest BCUT2D eigenvalue weighted by Gasteiger charge is 2.19. The molecule has 0 heterocycles. The second-order valence-corrected chi connectivity index (χ2v) is 9.17. The number of hydrogen-bond acceptors (Lipinski definition) is 5. The molecule has 0 aliphatic heterocycles. The molecule has 1 aromatic rings. The Balaban J connectivity index is 2.73. The first-order chi connectivity index (χ1) is 9.58. The predicted octanol–water partition coefficient (Wildman–Crippen LogP) is 3.03. The van der Waals surface area contributed by atoms with Crippen molar-refractivity contribution in [2.24, 2.45) is 0 Å². The predicted molar refractivity (Wildman–Crippen MR) is 97.9 cm³/mol. The Hall–Kier alpha value is -0.360. The number of nitrogens with one attached hydrogen (secondary N) is 2. The average molecular weight is 329 g/mol. The van der Waals surface area contributed by atoms with Crippen LogP contribution in [0.4, 0.5) is 0 Å². The van der Waals surface area contributed by atoms with Gasteiger partial charge in [-0.05, 0) is 33.8 Å². The summed E-state index contributed by atoms with van der Waals surface area (Å²) in [7, 11) is 0. The van der Waals surface area contributed by atoms with Crippen LogP contribution in [0, 0.1) is 0 Å². The molecule has 0 amide bonds. The van der Waals surface area contributed by atoms with E-state index >= 15 is 0 Å². The number of para-hydroxylation sites is 1. The van der Waals surface area contributed by atoms with Crippen molar-refractivity contribution in [2.75, 3.05) is 19.6 Å². The van der Waals surface area contributed by atoms with Crippen LogP contribution in [0.2, 0.25) is 0 Å². The standard InChI is InChI=1S/C16H28N2OS2/c1-15(2,20)10-17-9-13(18-11-16(3,4)21)12-7-5-6-8-14(12)19/h5-8,13,17-21H,9-11H2,1-4H3/t13-/m0/s1. The molecule has 0 unspecified atom stereocenters. The van der Waals surface area contributed by atoms with Crippen LogP contribution in [-0.4, -0.2) is 34.2 Å². The van der Waals surface area contributed by atoms with Crippen molar-refractivity contribution in [3.8, 4) is 5.75 Å². The lowest BCUT2D eigenvalue weighted by Gasteiger charge is -2.27. The Labute approximate surface area is 139 Å². The van der Waals surface area contributed by atoms with E-state index < -0.39 is 0 Å². The summed E-state index contributed by atoms with van der Waals surface area (Å²) in [6, 6.07) is 7.49. The Kier molecular flexibility index (Phi) is 6.91. The van der Waals surface area contributed by atoms with Gasteiger partial charge in [0, 0.05) is 40.7 Å². The Bertz CT molecular complexity index is 439. The first kappa shape index (κ1) is 18.7. The molecule has 1 atom stereocenters. The number of phenolic OH excluding ortho intramolecular Hbond substituents is 1. The maximum absolute atomic E-state index is 10.1. The van der Waals surface area contributed by atoms with E-state index in [9.17, 15) is 5.11 Å². The largest absolute Gasteiger partial charge is 0.508 e. The SMILES string of the molecule is CC(C)(S)CNC[C@H](NCC(C)(C)S)c1ccccc1O. The molecule has 0 aliphatic carbocycles. The number of phenols is 1. The van der Waals surface area contributed by atoms with E-state index in [2.05, 4.69) is 63.6 Å². The van der Waals surface area contributed by atoms with Gasteiger partial charge < -0.3 is 15.7 Å². The van der Waals surface area contributed by atoms with Crippen LogP contribution in [0.25, 0.3) is 0 Å². The van der Waals surface area contributed by atoms with Gasteiger partial charge in [-0.1, -0.05) is 18.2 Å². The Morgan fingerprint density at radius 2 is 1.62 bits per heavy atom. The van der Waals surface area contributed by atoms with Crippen molar-refractivity contribution < 1.29 is 5.11 Å². The molecule has 0 saturated carbocycles. The quantitative estimate of drug-likeness (QED) is 0.477. The summed E-state index contributed by atoms with van der Waals surface area (Å²) in [6.45, 7) is 10.5. The number of benzene rings is 1. The molecular weight excluding hydrogens is 300 g/mol. The van der Waals surface area contributed by atoms with Gasteiger partial charge in [0.1, 0.15) is 5.75 Å². The summed E-state index contributed by atoms with van der Waals surface area (Å²) in [6.07, 6.45) is 0. The Morgan fingerprint density at radius 1 is 1.05 bits per heavy atom. The van der Waals surface area contributed by atoms with Gasteiger partial charge in [-0.25, -0.2) is 0 Å². The van der Waals surface area contributed by atoms with E-state index in [1.165, 1.54) is 0 Å². The van der Waals surface area contributed by atoms with E-state index in [1.807, 2.05) is 18.2 Å². The molecule has 0 radical (unpaired) electrons. The minimum atomic E-state index is -0.106. The van der Waals surface area contributed by atoms with E-state index in [0.29, 0.717) is 5.75 Å². The van der Waals surface area contributed by atoms with E-state index in [-0.39, 0.29) is 15.5 Å². The second kappa shape index (κ2) is 7.77. The maximum Gasteiger partial charge on any atom is 0.120 e. The monoisotopic (exact) mass is 328 g/mol. The van der Waals surface area contributed by atoms with Gasteiger partial charge in [0.05, 0.1) is 0 Å². The maximum atomic E-state index is 10.1. The molecule has 0 spiro atoms. The fraction of sp³-hybridized carbons (Fsp3) is 0.625. The Morgan fingerprint density at radius 3 is 2.14 bits per heavy atom. The smallest absolute Gasteiger partial charge is 0.120 e. The third-order valence-electron chi connectivity index (χ3n) is 3.00. The van der Waals surface area contributed by atoms with Gasteiger partial charge in [-0.3, -0.25) is 0 Å². The number of aromatic hydroxyl groups is 1. The van der Waals surface area contributed by atoms with E-state index in [0.717, 1.165) is 25.2 Å². The topological polar surface area (TPSA) is 44.3 Å². The first-order valence-electron chi connectivity index (χ1n) is 7.25. The lowest BCUT2D eigenvalue weighted by molar-refractivity contribution is 0.422. The third-order valence-corrected chi connectivity index (χ3v) is 3.32. The highest BCUT2D eigenvalue weighted by molar-refractivity contribution is 7.82.